The van der Waals surface area contributed by atoms with E-state index in [2.05, 4.69) is 25.1 Å². The molecule has 0 spiro atoms. The fraction of sp³-hybridized carbons (Fsp3) is 0.200. The lowest BCUT2D eigenvalue weighted by atomic mass is 9.97. The Balaban J connectivity index is 1.70. The van der Waals surface area contributed by atoms with Crippen LogP contribution in [0.15, 0.2) is 59.8 Å². The van der Waals surface area contributed by atoms with Gasteiger partial charge < -0.3 is 9.47 Å². The maximum absolute atomic E-state index is 13.2. The first kappa shape index (κ1) is 24.9. The van der Waals surface area contributed by atoms with Crippen LogP contribution in [0.25, 0.3) is 27.9 Å². The number of alkyl halides is 3. The number of pyridine rings is 1. The molecule has 10 nitrogen and oxygen atoms in total. The van der Waals surface area contributed by atoms with Gasteiger partial charge in [0.05, 0.1) is 32.5 Å². The van der Waals surface area contributed by atoms with E-state index >= 15 is 0 Å². The molecule has 0 fully saturated rings. The van der Waals surface area contributed by atoms with Crippen LogP contribution in [-0.2, 0) is 12.7 Å². The third-order valence-corrected chi connectivity index (χ3v) is 5.80. The van der Waals surface area contributed by atoms with Gasteiger partial charge in [-0.05, 0) is 24.1 Å². The van der Waals surface area contributed by atoms with Crippen molar-refractivity contribution in [2.24, 2.45) is 0 Å². The van der Waals surface area contributed by atoms with Crippen molar-refractivity contribution in [3.8, 4) is 34.1 Å². The van der Waals surface area contributed by atoms with Crippen LogP contribution in [0.1, 0.15) is 16.8 Å². The Morgan fingerprint density at radius 1 is 0.921 bits per heavy atom. The van der Waals surface area contributed by atoms with Gasteiger partial charge in [-0.25, -0.2) is 14.5 Å². The molecule has 0 bridgehead atoms. The van der Waals surface area contributed by atoms with Crippen LogP contribution in [-0.4, -0.2) is 48.6 Å². The number of hydrogen-bond acceptors (Lipinski definition) is 8. The number of halogens is 3. The van der Waals surface area contributed by atoms with Gasteiger partial charge in [0.2, 0.25) is 5.88 Å². The molecule has 38 heavy (non-hydrogen) atoms. The molecule has 0 saturated carbocycles. The molecule has 0 N–H and O–H groups in total. The molecule has 5 aromatic rings. The minimum Gasteiger partial charge on any atom is -0.480 e. The van der Waals surface area contributed by atoms with E-state index in [1.54, 1.807) is 0 Å². The molecule has 4 heterocycles. The molecule has 0 amide bonds. The number of methoxy groups -OCH3 is 2. The minimum atomic E-state index is -4.57. The molecule has 0 aliphatic carbocycles. The molecule has 1 aromatic carbocycles. The van der Waals surface area contributed by atoms with Crippen molar-refractivity contribution in [2.75, 3.05) is 14.2 Å². The highest BCUT2D eigenvalue weighted by Gasteiger charge is 2.32. The smallest absolute Gasteiger partial charge is 0.433 e. The Hall–Kier alpha value is -4.81. The van der Waals surface area contributed by atoms with Gasteiger partial charge in [-0.1, -0.05) is 35.9 Å². The van der Waals surface area contributed by atoms with Crippen molar-refractivity contribution < 1.29 is 22.6 Å². The van der Waals surface area contributed by atoms with E-state index < -0.39 is 17.6 Å². The molecule has 0 radical (unpaired) electrons. The van der Waals surface area contributed by atoms with Crippen LogP contribution >= 0.6 is 0 Å². The van der Waals surface area contributed by atoms with E-state index in [-0.39, 0.29) is 24.1 Å². The van der Waals surface area contributed by atoms with Crippen molar-refractivity contribution >= 4 is 5.65 Å². The van der Waals surface area contributed by atoms with Gasteiger partial charge in [-0.3, -0.25) is 4.98 Å². The summed E-state index contributed by atoms with van der Waals surface area (Å²) in [5, 5.41) is 8.80. The lowest BCUT2D eigenvalue weighted by molar-refractivity contribution is -0.141. The van der Waals surface area contributed by atoms with Crippen molar-refractivity contribution in [3.05, 3.63) is 82.3 Å². The quantitative estimate of drug-likeness (QED) is 0.331. The highest BCUT2D eigenvalue weighted by Crippen LogP contribution is 2.38. The zero-order valence-corrected chi connectivity index (χ0v) is 20.4. The summed E-state index contributed by atoms with van der Waals surface area (Å²) in [7, 11) is 2.87. The summed E-state index contributed by atoms with van der Waals surface area (Å²) in [4.78, 5) is 25.1. The Morgan fingerprint density at radius 3 is 2.32 bits per heavy atom. The van der Waals surface area contributed by atoms with Gasteiger partial charge >= 0.3 is 17.9 Å². The van der Waals surface area contributed by atoms with Crippen LogP contribution < -0.4 is 15.2 Å². The Bertz CT molecular complexity index is 1680. The van der Waals surface area contributed by atoms with E-state index in [0.29, 0.717) is 22.3 Å². The molecule has 0 unspecified atom stereocenters. The second-order valence-corrected chi connectivity index (χ2v) is 8.30. The average molecular weight is 523 g/mol. The summed E-state index contributed by atoms with van der Waals surface area (Å²) < 4.78 is 51.5. The predicted molar refractivity (Wildman–Crippen MR) is 130 cm³/mol. The van der Waals surface area contributed by atoms with E-state index in [4.69, 9.17) is 9.47 Å². The minimum absolute atomic E-state index is 0.0882. The molecular formula is C25H20F3N7O3. The zero-order chi connectivity index (χ0) is 27.0. The fourth-order valence-corrected chi connectivity index (χ4v) is 3.92. The number of hydrogen-bond donors (Lipinski definition) is 0. The number of aryl methyl sites for hydroxylation is 1. The first-order chi connectivity index (χ1) is 18.2. The topological polar surface area (TPSA) is 109 Å². The highest BCUT2D eigenvalue weighted by molar-refractivity contribution is 5.92. The summed E-state index contributed by atoms with van der Waals surface area (Å²) >= 11 is 0. The van der Waals surface area contributed by atoms with Crippen LogP contribution in [0.3, 0.4) is 0 Å². The zero-order valence-electron chi connectivity index (χ0n) is 20.4. The Kier molecular flexibility index (Phi) is 6.27. The van der Waals surface area contributed by atoms with Crippen molar-refractivity contribution in [3.63, 3.8) is 0 Å². The Labute approximate surface area is 213 Å². The largest absolute Gasteiger partial charge is 0.480 e. The van der Waals surface area contributed by atoms with Crippen LogP contribution in [0.4, 0.5) is 13.2 Å². The number of ether oxygens (including phenoxy) is 2. The van der Waals surface area contributed by atoms with Gasteiger partial charge in [-0.2, -0.15) is 27.8 Å². The summed E-state index contributed by atoms with van der Waals surface area (Å²) in [6, 6.07) is 9.89. The van der Waals surface area contributed by atoms with E-state index in [9.17, 15) is 18.0 Å². The van der Waals surface area contributed by atoms with Crippen molar-refractivity contribution in [1.82, 2.24) is 34.3 Å². The van der Waals surface area contributed by atoms with Crippen LogP contribution in [0.2, 0.25) is 0 Å². The third-order valence-electron chi connectivity index (χ3n) is 5.80. The summed E-state index contributed by atoms with van der Waals surface area (Å²) in [6.45, 7) is 1.84. The van der Waals surface area contributed by atoms with Crippen LogP contribution in [0, 0.1) is 6.92 Å². The average Bonchev–Trinajstić information content (AvgIpc) is 3.23. The second-order valence-electron chi connectivity index (χ2n) is 8.30. The van der Waals surface area contributed by atoms with Gasteiger partial charge in [-0.15, -0.1) is 5.10 Å². The monoisotopic (exact) mass is 523 g/mol. The first-order valence-corrected chi connectivity index (χ1v) is 11.2. The molecule has 13 heteroatoms. The molecule has 5 rings (SSSR count). The van der Waals surface area contributed by atoms with E-state index in [0.717, 1.165) is 32.6 Å². The number of nitrogens with zero attached hydrogens (tertiary/aromatic N) is 7. The summed E-state index contributed by atoms with van der Waals surface area (Å²) in [6.07, 6.45) is -0.473. The van der Waals surface area contributed by atoms with E-state index in [1.165, 1.54) is 32.7 Å². The SMILES string of the molecule is COc1ncc(-c2c(-c3ccc(C)cc3)cnn3c(=O)n(Cc4ccc(C(F)(F)F)nc4)nc23)c(OC)n1. The van der Waals surface area contributed by atoms with Gasteiger partial charge in [0.1, 0.15) is 5.69 Å². The van der Waals surface area contributed by atoms with Gasteiger partial charge in [0.25, 0.3) is 0 Å². The van der Waals surface area contributed by atoms with Gasteiger partial charge in [0.15, 0.2) is 5.65 Å². The van der Waals surface area contributed by atoms with Crippen molar-refractivity contribution in [2.45, 2.75) is 19.6 Å². The number of aromatic nitrogens is 7. The van der Waals surface area contributed by atoms with Crippen molar-refractivity contribution in [1.29, 1.82) is 0 Å². The molecule has 0 atom stereocenters. The molecule has 0 aliphatic heterocycles. The maximum Gasteiger partial charge on any atom is 0.433 e. The second kappa shape index (κ2) is 9.57. The van der Waals surface area contributed by atoms with E-state index in [1.807, 2.05) is 31.2 Å². The Morgan fingerprint density at radius 2 is 1.68 bits per heavy atom. The normalized spacial score (nSPS) is 11.6. The lowest BCUT2D eigenvalue weighted by Crippen LogP contribution is -2.23. The predicted octanol–water partition coefficient (Wildman–Crippen LogP) is 3.80. The van der Waals surface area contributed by atoms with Gasteiger partial charge in [0, 0.05) is 23.5 Å². The maximum atomic E-state index is 13.2. The molecule has 0 aliphatic rings. The lowest BCUT2D eigenvalue weighted by Gasteiger charge is -2.13. The fourth-order valence-electron chi connectivity index (χ4n) is 3.92. The summed E-state index contributed by atoms with van der Waals surface area (Å²) in [5.74, 6) is 0.187. The molecule has 0 saturated heterocycles. The number of rotatable bonds is 6. The number of fused-ring (bicyclic) bond motifs is 1. The molecule has 4 aromatic heterocycles. The third kappa shape index (κ3) is 4.53. The molecule has 194 valence electrons. The summed E-state index contributed by atoms with van der Waals surface area (Å²) in [5.41, 5.74) is 2.32. The standard InChI is InChI=1S/C25H20F3N7O3/c1-14-4-7-16(8-5-14)17-12-31-35-21(20(17)18-11-30-23(38-3)32-22(18)37-2)33-34(24(35)36)13-15-6-9-19(29-10-15)25(26,27)28/h4-12H,13H2,1-3H3. The van der Waals surface area contributed by atoms with Crippen LogP contribution in [0.5, 0.6) is 11.9 Å². The molecular weight excluding hydrogens is 503 g/mol. The highest BCUT2D eigenvalue weighted by atomic mass is 19.4. The number of benzene rings is 1. The first-order valence-electron chi connectivity index (χ1n) is 11.2.